The van der Waals surface area contributed by atoms with Crippen molar-refractivity contribution < 1.29 is 27.2 Å². The van der Waals surface area contributed by atoms with E-state index in [1.807, 2.05) is 30.3 Å². The van der Waals surface area contributed by atoms with Crippen molar-refractivity contribution in [1.29, 1.82) is 0 Å². The van der Waals surface area contributed by atoms with Crippen LogP contribution in [0.15, 0.2) is 47.7 Å². The topological polar surface area (TPSA) is 96.0 Å². The fourth-order valence-electron chi connectivity index (χ4n) is 2.04. The van der Waals surface area contributed by atoms with E-state index in [4.69, 9.17) is 18.1 Å². The molecule has 0 spiro atoms. The molecule has 0 radical (unpaired) electrons. The molecule has 8 nitrogen and oxygen atoms in total. The van der Waals surface area contributed by atoms with Gasteiger partial charge < -0.3 is 23.4 Å². The van der Waals surface area contributed by atoms with Crippen LogP contribution in [-0.2, 0) is 27.2 Å². The van der Waals surface area contributed by atoms with Gasteiger partial charge in [-0.1, -0.05) is 18.2 Å². The smallest absolute Gasteiger partial charge is 0.333 e. The van der Waals surface area contributed by atoms with E-state index < -0.39 is 15.2 Å². The van der Waals surface area contributed by atoms with Gasteiger partial charge in [-0.2, -0.15) is 0 Å². The predicted octanol–water partition coefficient (Wildman–Crippen LogP) is 4.42. The number of hydrogen-bond acceptors (Lipinski definition) is 8. The van der Waals surface area contributed by atoms with Gasteiger partial charge in [-0.05, 0) is 18.2 Å². The van der Waals surface area contributed by atoms with E-state index in [1.54, 1.807) is 6.07 Å². The molecule has 0 bridgehead atoms. The molecule has 0 aliphatic rings. The minimum absolute atomic E-state index is 0.0904. The Hall–Kier alpha value is -1.53. The molecule has 0 aliphatic heterocycles. The molecular weight excluding hydrogens is 366 g/mol. The summed E-state index contributed by atoms with van der Waals surface area (Å²) in [6.45, 7) is 0. The number of benzene rings is 1. The van der Waals surface area contributed by atoms with Gasteiger partial charge in [0, 0.05) is 33.8 Å². The molecule has 10 heteroatoms. The first-order valence-corrected chi connectivity index (χ1v) is 10.3. The molecule has 25 heavy (non-hydrogen) atoms. The number of nitrogens with one attached hydrogen (secondary N) is 1. The van der Waals surface area contributed by atoms with Gasteiger partial charge in [0.05, 0.1) is 11.3 Å². The van der Waals surface area contributed by atoms with E-state index in [0.717, 1.165) is 16.7 Å². The fraction of sp³-hybridized carbons (Fsp3) is 0.267. The minimum atomic E-state index is -3.76. The van der Waals surface area contributed by atoms with Crippen molar-refractivity contribution in [2.75, 3.05) is 33.8 Å². The van der Waals surface area contributed by atoms with Gasteiger partial charge in [0.15, 0.2) is 0 Å². The largest absolute Gasteiger partial charge is 0.377 e. The molecule has 1 aromatic heterocycles. The molecule has 0 unspecified atom stereocenters. The summed E-state index contributed by atoms with van der Waals surface area (Å²) >= 11 is 0. The molecule has 0 amide bonds. The third-order valence-corrected chi connectivity index (χ3v) is 7.01. The van der Waals surface area contributed by atoms with Gasteiger partial charge >= 0.3 is 15.2 Å². The second kappa shape index (κ2) is 8.23. The Kier molecular flexibility index (Phi) is 6.52. The van der Waals surface area contributed by atoms with E-state index in [2.05, 4.69) is 10.3 Å². The van der Waals surface area contributed by atoms with Crippen molar-refractivity contribution in [2.24, 2.45) is 0 Å². The van der Waals surface area contributed by atoms with Crippen LogP contribution in [0.4, 0.5) is 5.82 Å². The fourth-order valence-corrected chi connectivity index (χ4v) is 4.55. The van der Waals surface area contributed by atoms with E-state index in [1.165, 1.54) is 28.4 Å². The molecule has 136 valence electrons. The molecule has 2 aromatic rings. The maximum atomic E-state index is 12.8. The Balaban J connectivity index is 2.49. The quantitative estimate of drug-likeness (QED) is 0.666. The van der Waals surface area contributed by atoms with Crippen molar-refractivity contribution in [3.05, 3.63) is 47.7 Å². The second-order valence-electron chi connectivity index (χ2n) is 4.80. The lowest BCUT2D eigenvalue weighted by Crippen LogP contribution is -2.06. The summed E-state index contributed by atoms with van der Waals surface area (Å²) in [6.07, 6.45) is 0. The third-order valence-electron chi connectivity index (χ3n) is 3.42. The van der Waals surface area contributed by atoms with Crippen LogP contribution in [0.3, 0.4) is 0 Å². The third kappa shape index (κ3) is 4.55. The average Bonchev–Trinajstić information content (AvgIpc) is 2.66. The summed E-state index contributed by atoms with van der Waals surface area (Å²) in [6, 6.07) is 11.1. The molecule has 1 N–H and O–H groups in total. The Morgan fingerprint density at radius 2 is 1.60 bits per heavy atom. The maximum absolute atomic E-state index is 12.8. The van der Waals surface area contributed by atoms with Crippen LogP contribution < -0.4 is 5.32 Å². The van der Waals surface area contributed by atoms with Crippen LogP contribution in [0.2, 0.25) is 0 Å². The lowest BCUT2D eigenvalue weighted by molar-refractivity contribution is 0.279. The van der Waals surface area contributed by atoms with E-state index in [-0.39, 0.29) is 5.44 Å². The van der Waals surface area contributed by atoms with Crippen molar-refractivity contribution in [3.8, 4) is 0 Å². The Morgan fingerprint density at radius 1 is 0.960 bits per heavy atom. The summed E-state index contributed by atoms with van der Waals surface area (Å²) in [5.41, 5.74) is 0.644. The molecule has 0 saturated carbocycles. The zero-order chi connectivity index (χ0) is 18.5. The highest BCUT2D eigenvalue weighted by Gasteiger charge is 2.33. The Morgan fingerprint density at radius 3 is 2.20 bits per heavy atom. The number of anilines is 1. The number of aromatic nitrogens is 1. The zero-order valence-electron chi connectivity index (χ0n) is 14.3. The van der Waals surface area contributed by atoms with E-state index in [9.17, 15) is 9.13 Å². The number of pyridine rings is 1. The number of para-hydroxylation sites is 1. The van der Waals surface area contributed by atoms with Crippen LogP contribution in [0, 0.1) is 0 Å². The summed E-state index contributed by atoms with van der Waals surface area (Å²) < 4.78 is 44.9. The first-order valence-electron chi connectivity index (χ1n) is 7.18. The predicted molar refractivity (Wildman–Crippen MR) is 96.7 cm³/mol. The van der Waals surface area contributed by atoms with Gasteiger partial charge in [0.25, 0.3) is 0 Å². The van der Waals surface area contributed by atoms with Crippen LogP contribution in [0.25, 0.3) is 10.9 Å². The SMILES string of the molecule is COP(=O)(/C=C(\Nc1ccc2ccccc2n1)P(=O)(OC)OC)OC. The molecular formula is C15H20N2O6P2. The van der Waals surface area contributed by atoms with Crippen LogP contribution in [0.5, 0.6) is 0 Å². The van der Waals surface area contributed by atoms with E-state index >= 15 is 0 Å². The number of nitrogens with zero attached hydrogens (tertiary/aromatic N) is 1. The number of hydrogen-bond donors (Lipinski definition) is 1. The Labute approximate surface area is 146 Å². The standard InChI is InChI=1S/C15H20N2O6P2/c1-20-24(18,21-2)11-15(25(19,22-3)23-4)17-14-10-9-12-7-5-6-8-13(12)16-14/h5-11H,1-4H3,(H,16,17)/b15-11+. The summed E-state index contributed by atoms with van der Waals surface area (Å²) in [5, 5.41) is 3.79. The highest BCUT2D eigenvalue weighted by molar-refractivity contribution is 7.62. The molecule has 1 aromatic carbocycles. The highest BCUT2D eigenvalue weighted by Crippen LogP contribution is 2.60. The molecule has 1 heterocycles. The van der Waals surface area contributed by atoms with Crippen molar-refractivity contribution in [2.45, 2.75) is 0 Å². The normalized spacial score (nSPS) is 13.2. The van der Waals surface area contributed by atoms with Gasteiger partial charge in [-0.15, -0.1) is 0 Å². The summed E-state index contributed by atoms with van der Waals surface area (Å²) in [7, 11) is -2.51. The van der Waals surface area contributed by atoms with Crippen molar-refractivity contribution in [1.82, 2.24) is 4.98 Å². The monoisotopic (exact) mass is 386 g/mol. The minimum Gasteiger partial charge on any atom is -0.333 e. The van der Waals surface area contributed by atoms with Gasteiger partial charge in [-0.25, -0.2) is 4.98 Å². The zero-order valence-corrected chi connectivity index (χ0v) is 16.1. The first kappa shape index (κ1) is 19.8. The maximum Gasteiger partial charge on any atom is 0.377 e. The van der Waals surface area contributed by atoms with Gasteiger partial charge in [0.1, 0.15) is 11.3 Å². The van der Waals surface area contributed by atoms with Gasteiger partial charge in [0.2, 0.25) is 0 Å². The second-order valence-corrected chi connectivity index (χ2v) is 9.07. The average molecular weight is 386 g/mol. The van der Waals surface area contributed by atoms with Crippen LogP contribution in [0.1, 0.15) is 0 Å². The molecule has 0 saturated heterocycles. The lowest BCUT2D eigenvalue weighted by atomic mass is 10.2. The van der Waals surface area contributed by atoms with Crippen molar-refractivity contribution in [3.63, 3.8) is 0 Å². The van der Waals surface area contributed by atoms with Crippen LogP contribution in [-0.4, -0.2) is 33.4 Å². The molecule has 0 aliphatic carbocycles. The number of rotatable bonds is 8. The highest BCUT2D eigenvalue weighted by atomic mass is 31.2. The summed E-state index contributed by atoms with van der Waals surface area (Å²) in [4.78, 5) is 4.42. The molecule has 2 rings (SSSR count). The molecule has 0 atom stereocenters. The number of fused-ring (bicyclic) bond motifs is 1. The van der Waals surface area contributed by atoms with E-state index in [0.29, 0.717) is 5.82 Å². The first-order chi connectivity index (χ1) is 11.9. The van der Waals surface area contributed by atoms with Gasteiger partial charge in [-0.3, -0.25) is 9.13 Å². The van der Waals surface area contributed by atoms with Crippen molar-refractivity contribution >= 4 is 31.9 Å². The molecule has 0 fully saturated rings. The Bertz CT molecular complexity index is 854. The lowest BCUT2D eigenvalue weighted by Gasteiger charge is -2.20. The van der Waals surface area contributed by atoms with Crippen LogP contribution >= 0.6 is 15.2 Å². The summed E-state index contributed by atoms with van der Waals surface area (Å²) in [5.74, 6) is 1.44.